The molecular formula is C12H17NO3S. The van der Waals surface area contributed by atoms with Crippen molar-refractivity contribution in [2.75, 3.05) is 24.6 Å². The van der Waals surface area contributed by atoms with Gasteiger partial charge in [0, 0.05) is 24.9 Å². The normalized spacial score (nSPS) is 30.0. The molecule has 0 amide bonds. The number of hydrogen-bond donors (Lipinski definition) is 1. The van der Waals surface area contributed by atoms with Crippen molar-refractivity contribution < 1.29 is 12.8 Å². The molecule has 0 saturated carbocycles. The second-order valence-electron chi connectivity index (χ2n) is 5.32. The molecule has 5 heteroatoms. The Balaban J connectivity index is 1.78. The van der Waals surface area contributed by atoms with Crippen LogP contribution in [0.2, 0.25) is 0 Å². The molecule has 0 aliphatic carbocycles. The van der Waals surface area contributed by atoms with Gasteiger partial charge in [0.1, 0.15) is 5.76 Å². The van der Waals surface area contributed by atoms with E-state index in [1.807, 2.05) is 12.1 Å². The maximum Gasteiger partial charge on any atom is 0.150 e. The highest BCUT2D eigenvalue weighted by Crippen LogP contribution is 2.41. The van der Waals surface area contributed by atoms with Gasteiger partial charge in [-0.05, 0) is 24.5 Å². The molecule has 0 aromatic carbocycles. The van der Waals surface area contributed by atoms with Gasteiger partial charge in [0.15, 0.2) is 9.84 Å². The van der Waals surface area contributed by atoms with Crippen LogP contribution >= 0.6 is 0 Å². The van der Waals surface area contributed by atoms with Crippen LogP contribution in [0.1, 0.15) is 12.2 Å². The molecular weight excluding hydrogens is 238 g/mol. The lowest BCUT2D eigenvalue weighted by atomic mass is 9.67. The Bertz CT molecular complexity index is 488. The fourth-order valence-corrected chi connectivity index (χ4v) is 4.99. The molecule has 3 rings (SSSR count). The molecule has 0 radical (unpaired) electrons. The molecule has 1 aromatic rings. The summed E-state index contributed by atoms with van der Waals surface area (Å²) in [6, 6.07) is 3.87. The fourth-order valence-electron chi connectivity index (χ4n) is 3.04. The minimum atomic E-state index is -2.79. The lowest BCUT2D eigenvalue weighted by Gasteiger charge is -2.46. The Hall–Kier alpha value is -0.810. The molecule has 17 heavy (non-hydrogen) atoms. The van der Waals surface area contributed by atoms with Gasteiger partial charge in [0.25, 0.3) is 0 Å². The summed E-state index contributed by atoms with van der Waals surface area (Å²) >= 11 is 0. The molecule has 0 bridgehead atoms. The van der Waals surface area contributed by atoms with Crippen LogP contribution in [0.15, 0.2) is 22.8 Å². The van der Waals surface area contributed by atoms with E-state index in [1.165, 1.54) is 0 Å². The molecule has 0 spiro atoms. The molecule has 1 N–H and O–H groups in total. The maximum atomic E-state index is 11.6. The standard InChI is InChI=1S/C12H17NO3S/c14-17(15)5-3-10(7-17)12(8-13-9-12)6-11-2-1-4-16-11/h1-2,4,10,13H,3,5-9H2. The van der Waals surface area contributed by atoms with Crippen LogP contribution in [0.5, 0.6) is 0 Å². The van der Waals surface area contributed by atoms with Gasteiger partial charge in [-0.2, -0.15) is 0 Å². The minimum absolute atomic E-state index is 0.0986. The number of hydrogen-bond acceptors (Lipinski definition) is 4. The summed E-state index contributed by atoms with van der Waals surface area (Å²) in [7, 11) is -2.79. The van der Waals surface area contributed by atoms with E-state index in [-0.39, 0.29) is 5.41 Å². The van der Waals surface area contributed by atoms with Gasteiger partial charge in [-0.1, -0.05) is 0 Å². The average Bonchev–Trinajstić information content (AvgIpc) is 2.81. The molecule has 1 unspecified atom stereocenters. The van der Waals surface area contributed by atoms with Crippen molar-refractivity contribution >= 4 is 9.84 Å². The molecule has 3 heterocycles. The van der Waals surface area contributed by atoms with Crippen molar-refractivity contribution in [1.29, 1.82) is 0 Å². The van der Waals surface area contributed by atoms with Crippen molar-refractivity contribution in [2.45, 2.75) is 12.8 Å². The van der Waals surface area contributed by atoms with Crippen LogP contribution in [-0.4, -0.2) is 33.0 Å². The summed E-state index contributed by atoms with van der Waals surface area (Å²) in [5.74, 6) is 1.97. The summed E-state index contributed by atoms with van der Waals surface area (Å²) < 4.78 is 28.6. The summed E-state index contributed by atoms with van der Waals surface area (Å²) in [5.41, 5.74) is 0.0986. The van der Waals surface area contributed by atoms with E-state index in [4.69, 9.17) is 4.42 Å². The third-order valence-corrected chi connectivity index (χ3v) is 5.93. The molecule has 1 atom stereocenters. The van der Waals surface area contributed by atoms with Gasteiger partial charge < -0.3 is 9.73 Å². The zero-order valence-electron chi connectivity index (χ0n) is 9.69. The Morgan fingerprint density at radius 3 is 2.76 bits per heavy atom. The first kappa shape index (κ1) is 11.3. The third kappa shape index (κ3) is 2.02. The predicted octanol–water partition coefficient (Wildman–Crippen LogP) is 0.846. The maximum absolute atomic E-state index is 11.6. The lowest BCUT2D eigenvalue weighted by Crippen LogP contribution is -2.59. The Morgan fingerprint density at radius 2 is 2.29 bits per heavy atom. The SMILES string of the molecule is O=S1(=O)CCC(C2(Cc3ccco3)CNC2)C1. The summed E-state index contributed by atoms with van der Waals surface area (Å²) in [5, 5.41) is 3.28. The molecule has 2 aliphatic heterocycles. The zero-order chi connectivity index (χ0) is 11.9. The smallest absolute Gasteiger partial charge is 0.150 e. The first-order chi connectivity index (χ1) is 8.10. The van der Waals surface area contributed by atoms with E-state index in [0.717, 1.165) is 31.7 Å². The van der Waals surface area contributed by atoms with Crippen LogP contribution in [0, 0.1) is 11.3 Å². The Morgan fingerprint density at radius 1 is 1.47 bits per heavy atom. The van der Waals surface area contributed by atoms with Crippen LogP contribution in [-0.2, 0) is 16.3 Å². The van der Waals surface area contributed by atoms with E-state index in [1.54, 1.807) is 6.26 Å². The number of rotatable bonds is 3. The van der Waals surface area contributed by atoms with Gasteiger partial charge in [0.2, 0.25) is 0 Å². The summed E-state index contributed by atoms with van der Waals surface area (Å²) in [6.07, 6.45) is 3.35. The van der Waals surface area contributed by atoms with Crippen molar-refractivity contribution in [3.63, 3.8) is 0 Å². The topological polar surface area (TPSA) is 59.3 Å². The van der Waals surface area contributed by atoms with Gasteiger partial charge >= 0.3 is 0 Å². The molecule has 2 saturated heterocycles. The van der Waals surface area contributed by atoms with Crippen molar-refractivity contribution in [2.24, 2.45) is 11.3 Å². The first-order valence-corrected chi connectivity index (χ1v) is 7.85. The van der Waals surface area contributed by atoms with Crippen molar-refractivity contribution in [3.05, 3.63) is 24.2 Å². The van der Waals surface area contributed by atoms with Crippen LogP contribution in [0.4, 0.5) is 0 Å². The van der Waals surface area contributed by atoms with Gasteiger partial charge in [-0.3, -0.25) is 0 Å². The second-order valence-corrected chi connectivity index (χ2v) is 7.55. The van der Waals surface area contributed by atoms with E-state index in [9.17, 15) is 8.42 Å². The van der Waals surface area contributed by atoms with Gasteiger partial charge in [0.05, 0.1) is 17.8 Å². The zero-order valence-corrected chi connectivity index (χ0v) is 10.5. The number of furan rings is 1. The molecule has 1 aromatic heterocycles. The van der Waals surface area contributed by atoms with Crippen LogP contribution in [0.25, 0.3) is 0 Å². The highest BCUT2D eigenvalue weighted by molar-refractivity contribution is 7.91. The Kier molecular flexibility index (Phi) is 2.56. The predicted molar refractivity (Wildman–Crippen MR) is 64.5 cm³/mol. The minimum Gasteiger partial charge on any atom is -0.469 e. The molecule has 94 valence electrons. The highest BCUT2D eigenvalue weighted by atomic mass is 32.2. The lowest BCUT2D eigenvalue weighted by molar-refractivity contribution is 0.0854. The van der Waals surface area contributed by atoms with Gasteiger partial charge in [-0.15, -0.1) is 0 Å². The third-order valence-electron chi connectivity index (χ3n) is 4.16. The van der Waals surface area contributed by atoms with E-state index in [2.05, 4.69) is 5.32 Å². The van der Waals surface area contributed by atoms with E-state index in [0.29, 0.717) is 17.4 Å². The van der Waals surface area contributed by atoms with E-state index < -0.39 is 9.84 Å². The van der Waals surface area contributed by atoms with Crippen LogP contribution < -0.4 is 5.32 Å². The number of sulfone groups is 1. The fraction of sp³-hybridized carbons (Fsp3) is 0.667. The molecule has 2 aliphatic rings. The van der Waals surface area contributed by atoms with Crippen molar-refractivity contribution in [3.8, 4) is 0 Å². The van der Waals surface area contributed by atoms with Gasteiger partial charge in [-0.25, -0.2) is 8.42 Å². The second kappa shape index (κ2) is 3.85. The monoisotopic (exact) mass is 255 g/mol. The Labute approximate surface area is 101 Å². The molecule has 4 nitrogen and oxygen atoms in total. The first-order valence-electron chi connectivity index (χ1n) is 6.03. The summed E-state index contributed by atoms with van der Waals surface area (Å²) in [4.78, 5) is 0. The van der Waals surface area contributed by atoms with E-state index >= 15 is 0 Å². The summed E-state index contributed by atoms with van der Waals surface area (Å²) in [6.45, 7) is 1.82. The largest absolute Gasteiger partial charge is 0.469 e. The quantitative estimate of drug-likeness (QED) is 0.869. The molecule has 2 fully saturated rings. The highest BCUT2D eigenvalue weighted by Gasteiger charge is 2.48. The average molecular weight is 255 g/mol. The number of nitrogens with one attached hydrogen (secondary N) is 1. The van der Waals surface area contributed by atoms with Crippen molar-refractivity contribution in [1.82, 2.24) is 5.32 Å². The van der Waals surface area contributed by atoms with Crippen LogP contribution in [0.3, 0.4) is 0 Å².